The Kier molecular flexibility index (Phi) is 4.94. The van der Waals surface area contributed by atoms with E-state index in [4.69, 9.17) is 5.11 Å². The minimum Gasteiger partial charge on any atom is -0.476 e. The summed E-state index contributed by atoms with van der Waals surface area (Å²) in [5.41, 5.74) is 1.64. The largest absolute Gasteiger partial charge is 0.476 e. The van der Waals surface area contributed by atoms with Crippen molar-refractivity contribution in [3.63, 3.8) is 0 Å². The number of carbonyl (C=O) groups is 1. The Morgan fingerprint density at radius 2 is 1.95 bits per heavy atom. The zero-order chi connectivity index (χ0) is 16.3. The first kappa shape index (κ1) is 16.6. The third kappa shape index (κ3) is 3.34. The fraction of sp³-hybridized carbons (Fsp3) is 0.286. The van der Waals surface area contributed by atoms with Crippen LogP contribution in [0.25, 0.3) is 0 Å². The molecule has 0 atom stereocenters. The van der Waals surface area contributed by atoms with Gasteiger partial charge in [-0.2, -0.15) is 4.31 Å². The quantitative estimate of drug-likeness (QED) is 0.872. The Balaban J connectivity index is 2.43. The van der Waals surface area contributed by atoms with Crippen molar-refractivity contribution in [1.29, 1.82) is 0 Å². The summed E-state index contributed by atoms with van der Waals surface area (Å²) in [6.45, 7) is 3.68. The zero-order valence-corrected chi connectivity index (χ0v) is 13.8. The molecule has 0 unspecified atom stereocenters. The van der Waals surface area contributed by atoms with E-state index in [0.29, 0.717) is 0 Å². The van der Waals surface area contributed by atoms with Crippen LogP contribution in [0.15, 0.2) is 40.1 Å². The smallest absolute Gasteiger partial charge is 0.356 e. The molecule has 0 spiro atoms. The van der Waals surface area contributed by atoms with Gasteiger partial charge in [0.05, 0.1) is 5.51 Å². The maximum absolute atomic E-state index is 12.8. The molecule has 0 aliphatic carbocycles. The molecule has 0 bridgehead atoms. The van der Waals surface area contributed by atoms with E-state index in [9.17, 15) is 13.2 Å². The van der Waals surface area contributed by atoms with Crippen LogP contribution < -0.4 is 0 Å². The summed E-state index contributed by atoms with van der Waals surface area (Å²) in [5, 5.41) is 9.09. The van der Waals surface area contributed by atoms with Crippen molar-refractivity contribution in [3.8, 4) is 0 Å². The summed E-state index contributed by atoms with van der Waals surface area (Å²) < 4.78 is 26.6. The van der Waals surface area contributed by atoms with E-state index in [1.807, 2.05) is 30.3 Å². The highest BCUT2D eigenvalue weighted by Crippen LogP contribution is 2.27. The van der Waals surface area contributed by atoms with E-state index in [-0.39, 0.29) is 16.8 Å². The fourth-order valence-corrected chi connectivity index (χ4v) is 4.86. The van der Waals surface area contributed by atoms with Crippen LogP contribution in [0.1, 0.15) is 29.9 Å². The number of hydrogen-bond acceptors (Lipinski definition) is 5. The second kappa shape index (κ2) is 6.55. The summed E-state index contributed by atoms with van der Waals surface area (Å²) in [6, 6.07) is 8.86. The average Bonchev–Trinajstić information content (AvgIpc) is 2.96. The summed E-state index contributed by atoms with van der Waals surface area (Å²) >= 11 is 0.820. The Morgan fingerprint density at radius 3 is 2.50 bits per heavy atom. The highest BCUT2D eigenvalue weighted by Gasteiger charge is 2.33. The van der Waals surface area contributed by atoms with Crippen LogP contribution in [-0.2, 0) is 16.6 Å². The molecule has 22 heavy (non-hydrogen) atoms. The van der Waals surface area contributed by atoms with Gasteiger partial charge in [0, 0.05) is 12.6 Å². The summed E-state index contributed by atoms with van der Waals surface area (Å²) in [5.74, 6) is -1.34. The van der Waals surface area contributed by atoms with Gasteiger partial charge in [0.15, 0.2) is 9.90 Å². The molecular weight excluding hydrogens is 324 g/mol. The van der Waals surface area contributed by atoms with E-state index in [1.54, 1.807) is 13.8 Å². The van der Waals surface area contributed by atoms with Gasteiger partial charge in [-0.25, -0.2) is 18.2 Å². The van der Waals surface area contributed by atoms with E-state index in [2.05, 4.69) is 4.98 Å². The van der Waals surface area contributed by atoms with Gasteiger partial charge in [-0.05, 0) is 19.4 Å². The van der Waals surface area contributed by atoms with Crippen molar-refractivity contribution in [2.75, 3.05) is 0 Å². The third-order valence-corrected chi connectivity index (χ3v) is 6.41. The minimum atomic E-state index is -3.92. The van der Waals surface area contributed by atoms with Crippen LogP contribution in [0.3, 0.4) is 0 Å². The lowest BCUT2D eigenvalue weighted by Gasteiger charge is -2.25. The highest BCUT2D eigenvalue weighted by atomic mass is 32.2. The van der Waals surface area contributed by atoms with Crippen molar-refractivity contribution in [2.24, 2.45) is 0 Å². The van der Waals surface area contributed by atoms with Gasteiger partial charge in [-0.15, -0.1) is 11.3 Å². The lowest BCUT2D eigenvalue weighted by atomic mass is 10.2. The van der Waals surface area contributed by atoms with Crippen LogP contribution in [-0.4, -0.2) is 34.8 Å². The van der Waals surface area contributed by atoms with Crippen molar-refractivity contribution in [1.82, 2.24) is 9.29 Å². The molecular formula is C14H16N2O4S2. The monoisotopic (exact) mass is 340 g/mol. The molecule has 0 radical (unpaired) electrons. The number of hydrogen-bond donors (Lipinski definition) is 1. The molecule has 0 amide bonds. The first-order valence-electron chi connectivity index (χ1n) is 6.56. The van der Waals surface area contributed by atoms with E-state index in [1.165, 1.54) is 9.82 Å². The van der Waals surface area contributed by atoms with Crippen LogP contribution >= 0.6 is 11.3 Å². The van der Waals surface area contributed by atoms with Crippen molar-refractivity contribution < 1.29 is 18.3 Å². The van der Waals surface area contributed by atoms with Crippen LogP contribution in [0.4, 0.5) is 0 Å². The van der Waals surface area contributed by atoms with Crippen molar-refractivity contribution in [2.45, 2.75) is 30.6 Å². The molecule has 1 aromatic carbocycles. The molecule has 6 nitrogen and oxygen atoms in total. The van der Waals surface area contributed by atoms with Gasteiger partial charge in [-0.1, -0.05) is 30.3 Å². The second-order valence-electron chi connectivity index (χ2n) is 4.92. The first-order valence-corrected chi connectivity index (χ1v) is 8.88. The van der Waals surface area contributed by atoms with Gasteiger partial charge in [0.2, 0.25) is 0 Å². The normalized spacial score (nSPS) is 12.0. The lowest BCUT2D eigenvalue weighted by molar-refractivity contribution is 0.0687. The Labute approximate surface area is 133 Å². The molecule has 2 rings (SSSR count). The summed E-state index contributed by atoms with van der Waals surface area (Å²) in [7, 11) is -3.92. The number of benzene rings is 1. The van der Waals surface area contributed by atoms with Crippen LogP contribution in [0.2, 0.25) is 0 Å². The average molecular weight is 340 g/mol. The maximum Gasteiger partial charge on any atom is 0.356 e. The number of sulfonamides is 1. The zero-order valence-electron chi connectivity index (χ0n) is 12.1. The number of carboxylic acid groups (broad SMARTS) is 1. The number of aromatic nitrogens is 1. The van der Waals surface area contributed by atoms with Gasteiger partial charge in [0.1, 0.15) is 0 Å². The number of aromatic carboxylic acids is 1. The Morgan fingerprint density at radius 1 is 1.32 bits per heavy atom. The van der Waals surface area contributed by atoms with E-state index >= 15 is 0 Å². The van der Waals surface area contributed by atoms with Crippen LogP contribution in [0.5, 0.6) is 0 Å². The molecule has 0 saturated carbocycles. The molecule has 0 fully saturated rings. The topological polar surface area (TPSA) is 87.6 Å². The Bertz CT molecular complexity index is 754. The molecule has 8 heteroatoms. The van der Waals surface area contributed by atoms with Gasteiger partial charge in [0.25, 0.3) is 10.0 Å². The number of rotatable bonds is 6. The fourth-order valence-electron chi connectivity index (χ4n) is 1.98. The standard InChI is InChI=1S/C14H16N2O4S2/c1-10(2)16(8-11-6-4-3-5-7-11)22(19,20)14-12(13(17)18)15-9-21-14/h3-7,9-10H,8H2,1-2H3,(H,17,18). The maximum atomic E-state index is 12.8. The molecule has 0 saturated heterocycles. The molecule has 1 aromatic heterocycles. The minimum absolute atomic E-state index is 0.178. The lowest BCUT2D eigenvalue weighted by Crippen LogP contribution is -2.36. The number of nitrogens with zero attached hydrogens (tertiary/aromatic N) is 2. The molecule has 0 aliphatic heterocycles. The number of thiazole rings is 1. The van der Waals surface area contributed by atoms with Crippen LogP contribution in [0, 0.1) is 0 Å². The second-order valence-corrected chi connectivity index (χ2v) is 7.86. The van der Waals surface area contributed by atoms with Gasteiger partial charge in [-0.3, -0.25) is 0 Å². The van der Waals surface area contributed by atoms with E-state index in [0.717, 1.165) is 16.9 Å². The SMILES string of the molecule is CC(C)N(Cc1ccccc1)S(=O)(=O)c1scnc1C(=O)O. The predicted molar refractivity (Wildman–Crippen MR) is 83.4 cm³/mol. The van der Waals surface area contributed by atoms with Crippen molar-refractivity contribution in [3.05, 3.63) is 47.1 Å². The molecule has 1 N–H and O–H groups in total. The van der Waals surface area contributed by atoms with Gasteiger partial charge < -0.3 is 5.11 Å². The van der Waals surface area contributed by atoms with Crippen molar-refractivity contribution >= 4 is 27.3 Å². The third-order valence-electron chi connectivity index (χ3n) is 3.04. The summed E-state index contributed by atoms with van der Waals surface area (Å²) in [6.07, 6.45) is 0. The molecule has 1 heterocycles. The number of carboxylic acids is 1. The highest BCUT2D eigenvalue weighted by molar-refractivity contribution is 7.91. The predicted octanol–water partition coefficient (Wildman–Crippen LogP) is 2.44. The first-order chi connectivity index (χ1) is 10.3. The van der Waals surface area contributed by atoms with E-state index < -0.39 is 21.7 Å². The molecule has 0 aliphatic rings. The Hall–Kier alpha value is -1.77. The molecule has 2 aromatic rings. The molecule has 118 valence electrons. The van der Waals surface area contributed by atoms with Gasteiger partial charge >= 0.3 is 5.97 Å². The summed E-state index contributed by atoms with van der Waals surface area (Å²) in [4.78, 5) is 14.8.